The van der Waals surface area contributed by atoms with Crippen LogP contribution in [0.15, 0.2) is 106 Å². The zero-order valence-electron chi connectivity index (χ0n) is 27.6. The van der Waals surface area contributed by atoms with Crippen molar-refractivity contribution >= 4 is 28.9 Å². The third-order valence-corrected chi connectivity index (χ3v) is 10.9. The molecule has 46 heavy (non-hydrogen) atoms. The number of hydrogen-bond acceptors (Lipinski definition) is 8. The fraction of sp³-hybridized carbons (Fsp3) is 0.447. The van der Waals surface area contributed by atoms with Crippen LogP contribution in [-0.2, 0) is 14.3 Å². The number of ketones is 1. The van der Waals surface area contributed by atoms with Crippen LogP contribution in [0.1, 0.15) is 86.0 Å². The molecule has 0 spiro atoms. The molecule has 0 radical (unpaired) electrons. The van der Waals surface area contributed by atoms with E-state index in [1.165, 1.54) is 7.11 Å². The molecule has 0 amide bonds. The second-order valence-electron chi connectivity index (χ2n) is 13.4. The van der Waals surface area contributed by atoms with Gasteiger partial charge in [-0.1, -0.05) is 26.7 Å². The number of methoxy groups -OCH3 is 1. The zero-order valence-corrected chi connectivity index (χ0v) is 27.6. The van der Waals surface area contributed by atoms with Crippen molar-refractivity contribution in [2.45, 2.75) is 86.0 Å². The van der Waals surface area contributed by atoms with E-state index < -0.39 is 0 Å². The first-order valence-electron chi connectivity index (χ1n) is 16.7. The number of nitrogens with one attached hydrogen (secondary N) is 1. The lowest BCUT2D eigenvalue weighted by Gasteiger charge is -2.17. The second-order valence-corrected chi connectivity index (χ2v) is 13.4. The minimum Gasteiger partial charge on any atom is -0.511 e. The molecular weight excluding hydrogens is 576 g/mol. The molecule has 0 aromatic heterocycles. The summed E-state index contributed by atoms with van der Waals surface area (Å²) in [5, 5.41) is 15.4. The number of Topliss-reactive ketones (excluding diaryl/α,β-unsaturated/α-hetero) is 1. The smallest absolute Gasteiger partial charge is 0.305 e. The number of hydrogen-bond donors (Lipinski definition) is 2. The number of aliphatic imine (C=N–C) groups is 3. The average molecular weight is 619 g/mol. The summed E-state index contributed by atoms with van der Waals surface area (Å²) in [6, 6.07) is 0. The Balaban J connectivity index is 1.47. The molecule has 5 aliphatic heterocycles. The van der Waals surface area contributed by atoms with E-state index in [0.29, 0.717) is 17.8 Å². The minimum absolute atomic E-state index is 0.0247. The highest BCUT2D eigenvalue weighted by atomic mass is 16.5. The van der Waals surface area contributed by atoms with Gasteiger partial charge in [-0.05, 0) is 87.0 Å². The van der Waals surface area contributed by atoms with Crippen LogP contribution >= 0.6 is 0 Å². The average Bonchev–Trinajstić information content (AvgIpc) is 3.87. The molecule has 2 saturated carbocycles. The highest BCUT2D eigenvalue weighted by molar-refractivity contribution is 6.38. The van der Waals surface area contributed by atoms with Crippen LogP contribution in [-0.4, -0.2) is 41.1 Å². The van der Waals surface area contributed by atoms with Gasteiger partial charge >= 0.3 is 5.97 Å². The fourth-order valence-corrected chi connectivity index (χ4v) is 8.19. The normalized spacial score (nSPS) is 26.9. The van der Waals surface area contributed by atoms with Crippen molar-refractivity contribution < 1.29 is 19.4 Å². The van der Waals surface area contributed by atoms with Gasteiger partial charge in [0.25, 0.3) is 0 Å². The molecule has 0 aromatic carbocycles. The van der Waals surface area contributed by atoms with E-state index in [4.69, 9.17) is 19.7 Å². The molecule has 7 rings (SSSR count). The van der Waals surface area contributed by atoms with E-state index in [0.717, 1.165) is 111 Å². The van der Waals surface area contributed by atoms with Crippen LogP contribution in [0.3, 0.4) is 0 Å². The number of rotatable bonds is 5. The molecular formula is C38H42N4O4. The maximum absolute atomic E-state index is 13.5. The van der Waals surface area contributed by atoms with Gasteiger partial charge in [0, 0.05) is 58.7 Å². The summed E-state index contributed by atoms with van der Waals surface area (Å²) >= 11 is 0. The van der Waals surface area contributed by atoms with Gasteiger partial charge in [0.15, 0.2) is 5.78 Å². The maximum Gasteiger partial charge on any atom is 0.305 e. The van der Waals surface area contributed by atoms with E-state index in [-0.39, 0.29) is 42.3 Å². The Labute approximate surface area is 270 Å². The van der Waals surface area contributed by atoms with Crippen LogP contribution in [0.5, 0.6) is 0 Å². The predicted octanol–water partition coefficient (Wildman–Crippen LogP) is 7.37. The molecule has 5 heterocycles. The summed E-state index contributed by atoms with van der Waals surface area (Å²) in [5.74, 6) is 0.359. The molecule has 238 valence electrons. The zero-order chi connectivity index (χ0) is 32.4. The van der Waals surface area contributed by atoms with E-state index in [2.05, 4.69) is 32.2 Å². The third kappa shape index (κ3) is 4.76. The summed E-state index contributed by atoms with van der Waals surface area (Å²) in [7, 11) is 1.41. The van der Waals surface area contributed by atoms with Gasteiger partial charge in [-0.2, -0.15) is 0 Å². The molecule has 2 atom stereocenters. The minimum atomic E-state index is -0.255. The van der Waals surface area contributed by atoms with Crippen molar-refractivity contribution in [1.29, 1.82) is 0 Å². The predicted molar refractivity (Wildman–Crippen MR) is 180 cm³/mol. The van der Waals surface area contributed by atoms with E-state index in [1.807, 2.05) is 26.0 Å². The van der Waals surface area contributed by atoms with Gasteiger partial charge < -0.3 is 15.2 Å². The van der Waals surface area contributed by atoms with Crippen molar-refractivity contribution in [2.75, 3.05) is 7.11 Å². The Morgan fingerprint density at radius 2 is 1.72 bits per heavy atom. The summed E-state index contributed by atoms with van der Waals surface area (Å²) in [6.07, 6.45) is 12.2. The molecule has 0 unspecified atom stereocenters. The van der Waals surface area contributed by atoms with Gasteiger partial charge in [0.2, 0.25) is 0 Å². The Morgan fingerprint density at radius 3 is 2.43 bits per heavy atom. The van der Waals surface area contributed by atoms with Gasteiger partial charge in [-0.15, -0.1) is 0 Å². The molecule has 3 fully saturated rings. The largest absolute Gasteiger partial charge is 0.511 e. The molecule has 0 aromatic rings. The van der Waals surface area contributed by atoms with Crippen molar-refractivity contribution in [3.8, 4) is 0 Å². The van der Waals surface area contributed by atoms with Crippen LogP contribution in [0.4, 0.5) is 0 Å². The van der Waals surface area contributed by atoms with Gasteiger partial charge in [0.05, 0.1) is 41.3 Å². The number of nitrogens with zero attached hydrogens (tertiary/aromatic N) is 3. The summed E-state index contributed by atoms with van der Waals surface area (Å²) in [5.41, 5.74) is 13.0. The maximum atomic E-state index is 13.5. The molecule has 1 saturated heterocycles. The summed E-state index contributed by atoms with van der Waals surface area (Å²) in [6.45, 7) is 10.4. The molecule has 2 N–H and O–H groups in total. The standard InChI is InChI=1S/C38H42N4O4/c1-7-23-18(2)26-17-31-34(38(45)22-10-8-9-11-22)20(4)28(40-31)15-27-19(3)24(12-13-33(44)46-6)36(41-27)25-14-32(43)35-21(5)29(42-37(25)35)16-30(23)39-26/h15-17,19,22,24,41,45H,7-14H2,1-6H3/b26-17?,27-15?,29-16?,36-25?,38-34+/t19-,24-/m0/s1. The summed E-state index contributed by atoms with van der Waals surface area (Å²) in [4.78, 5) is 41.2. The molecule has 8 nitrogen and oxygen atoms in total. The highest BCUT2D eigenvalue weighted by Crippen LogP contribution is 2.46. The molecule has 8 heteroatoms. The number of aliphatic hydroxyl groups is 1. The SMILES string of the molecule is CCC1=C(C)C2=CC3=NC(=C(C)/C3=C(\O)C3CCCC3)C=C3NC(=C4CC(=O)C5=C(C)C(=CC1=N2)N=C45)[C@@H](CCC(=O)OC)[C@@H]3C. The van der Waals surface area contributed by atoms with Crippen molar-refractivity contribution in [1.82, 2.24) is 5.32 Å². The first-order valence-corrected chi connectivity index (χ1v) is 16.7. The summed E-state index contributed by atoms with van der Waals surface area (Å²) < 4.78 is 4.99. The lowest BCUT2D eigenvalue weighted by atomic mass is 9.86. The number of carbonyl (C=O) groups is 2. The quantitative estimate of drug-likeness (QED) is 0.247. The van der Waals surface area contributed by atoms with E-state index >= 15 is 0 Å². The first-order chi connectivity index (χ1) is 22.1. The van der Waals surface area contributed by atoms with Gasteiger partial charge in [-0.3, -0.25) is 9.59 Å². The number of ether oxygens (including phenoxy) is 1. The lowest BCUT2D eigenvalue weighted by molar-refractivity contribution is -0.140. The Kier molecular flexibility index (Phi) is 7.57. The van der Waals surface area contributed by atoms with Gasteiger partial charge in [-0.25, -0.2) is 15.0 Å². The molecule has 8 bridgehead atoms. The first kappa shape index (κ1) is 30.3. The Bertz CT molecular complexity index is 1840. The molecule has 2 aliphatic carbocycles. The van der Waals surface area contributed by atoms with E-state index in [1.54, 1.807) is 0 Å². The fourth-order valence-electron chi connectivity index (χ4n) is 8.19. The van der Waals surface area contributed by atoms with Crippen LogP contribution in [0.25, 0.3) is 0 Å². The third-order valence-electron chi connectivity index (χ3n) is 10.9. The van der Waals surface area contributed by atoms with Crippen molar-refractivity contribution in [3.63, 3.8) is 0 Å². The van der Waals surface area contributed by atoms with Gasteiger partial charge in [0.1, 0.15) is 5.76 Å². The van der Waals surface area contributed by atoms with Crippen LogP contribution in [0.2, 0.25) is 0 Å². The lowest BCUT2D eigenvalue weighted by Crippen LogP contribution is -2.15. The second kappa shape index (κ2) is 11.5. The van der Waals surface area contributed by atoms with E-state index in [9.17, 15) is 14.7 Å². The Morgan fingerprint density at radius 1 is 1.00 bits per heavy atom. The van der Waals surface area contributed by atoms with Crippen LogP contribution in [0, 0.1) is 17.8 Å². The topological polar surface area (TPSA) is 113 Å². The molecule has 7 aliphatic rings. The van der Waals surface area contributed by atoms with Crippen molar-refractivity contribution in [2.24, 2.45) is 32.7 Å². The number of allylic oxidation sites excluding steroid dienone is 13. The van der Waals surface area contributed by atoms with Crippen molar-refractivity contribution in [3.05, 3.63) is 91.5 Å². The van der Waals surface area contributed by atoms with Crippen LogP contribution < -0.4 is 5.32 Å². The Hall–Kier alpha value is -4.33. The monoisotopic (exact) mass is 618 g/mol. The number of carbonyl (C=O) groups excluding carboxylic acids is 2. The number of aliphatic hydroxyl groups excluding tert-OH is 1. The highest BCUT2D eigenvalue weighted by Gasteiger charge is 2.43. The number of fused-ring (bicyclic) bond motifs is 5. The number of esters is 1.